The van der Waals surface area contributed by atoms with Crippen molar-refractivity contribution in [1.29, 1.82) is 0 Å². The standard InChI is InChI=1S/C39H57N7O6/c1-4-9-30(35(48)38(51)43-27-14-15-27)44-37(50)34-29-13-8-12-26(29)23-46(34)39(52)31(17-16-28(47)20-24(2)3)42-22-32(25-10-6-5-7-11-25)45-36(49)33-21-40-18-19-41-33/h18-21,25-27,29-32,34,42H,4-17,22-23H2,1-3H3,(H,43,51)(H,44,50)(H,45,49)/t26-,29-,30-,31-,32+,34?/m0/s1. The molecule has 0 aromatic carbocycles. The molecule has 3 aliphatic carbocycles. The average Bonchev–Trinajstić information content (AvgIpc) is 3.70. The Labute approximate surface area is 307 Å². The Bertz CT molecular complexity index is 1470. The summed E-state index contributed by atoms with van der Waals surface area (Å²) in [5.41, 5.74) is 1.08. The highest BCUT2D eigenvalue weighted by molar-refractivity contribution is 6.38. The minimum absolute atomic E-state index is 0.0164. The topological polar surface area (TPSA) is 180 Å². The Kier molecular flexibility index (Phi) is 14.1. The lowest BCUT2D eigenvalue weighted by molar-refractivity contribution is -0.143. The Morgan fingerprint density at radius 3 is 2.35 bits per heavy atom. The summed E-state index contributed by atoms with van der Waals surface area (Å²) in [7, 11) is 0. The molecule has 1 aromatic rings. The third-order valence-electron chi connectivity index (χ3n) is 11.1. The molecule has 4 N–H and O–H groups in total. The van der Waals surface area contributed by atoms with Gasteiger partial charge in [-0.15, -0.1) is 0 Å². The van der Waals surface area contributed by atoms with Gasteiger partial charge in [0.25, 0.3) is 11.8 Å². The maximum Gasteiger partial charge on any atom is 0.289 e. The molecule has 1 saturated heterocycles. The Morgan fingerprint density at radius 1 is 0.904 bits per heavy atom. The first-order valence-electron chi connectivity index (χ1n) is 19.5. The molecule has 2 heterocycles. The molecule has 1 aromatic heterocycles. The number of Topliss-reactive ketones (excluding diaryl/α,β-unsaturated/α-hetero) is 1. The zero-order valence-electron chi connectivity index (χ0n) is 31.0. The highest BCUT2D eigenvalue weighted by Gasteiger charge is 2.51. The van der Waals surface area contributed by atoms with Crippen LogP contribution in [0.15, 0.2) is 30.2 Å². The quantitative estimate of drug-likeness (QED) is 0.131. The van der Waals surface area contributed by atoms with Gasteiger partial charge in [0.05, 0.1) is 18.3 Å². The normalized spacial score (nSPS) is 23.1. The summed E-state index contributed by atoms with van der Waals surface area (Å²) in [6.45, 7) is 6.31. The number of hydrogen-bond donors (Lipinski definition) is 4. The van der Waals surface area contributed by atoms with Gasteiger partial charge in [-0.2, -0.15) is 0 Å². The lowest BCUT2D eigenvalue weighted by Crippen LogP contribution is -2.58. The van der Waals surface area contributed by atoms with E-state index in [1.165, 1.54) is 18.6 Å². The molecule has 0 radical (unpaired) electrons. The van der Waals surface area contributed by atoms with E-state index in [0.29, 0.717) is 25.9 Å². The molecule has 13 nitrogen and oxygen atoms in total. The molecule has 284 valence electrons. The van der Waals surface area contributed by atoms with Crippen molar-refractivity contribution in [2.24, 2.45) is 17.8 Å². The summed E-state index contributed by atoms with van der Waals surface area (Å²) < 4.78 is 0. The van der Waals surface area contributed by atoms with Crippen molar-refractivity contribution in [3.05, 3.63) is 35.9 Å². The van der Waals surface area contributed by atoms with Crippen LogP contribution in [0.1, 0.15) is 121 Å². The van der Waals surface area contributed by atoms with Gasteiger partial charge in [-0.3, -0.25) is 33.8 Å². The molecular formula is C39H57N7O6. The van der Waals surface area contributed by atoms with Crippen LogP contribution >= 0.6 is 0 Å². The predicted octanol–water partition coefficient (Wildman–Crippen LogP) is 3.19. The second kappa shape index (κ2) is 18.7. The van der Waals surface area contributed by atoms with E-state index < -0.39 is 35.7 Å². The summed E-state index contributed by atoms with van der Waals surface area (Å²) in [4.78, 5) is 90.7. The molecule has 6 atom stereocenters. The van der Waals surface area contributed by atoms with Crippen molar-refractivity contribution in [2.75, 3.05) is 13.1 Å². The predicted molar refractivity (Wildman–Crippen MR) is 195 cm³/mol. The van der Waals surface area contributed by atoms with Gasteiger partial charge in [0.2, 0.25) is 17.6 Å². The summed E-state index contributed by atoms with van der Waals surface area (Å²) in [6, 6.07) is -2.83. The van der Waals surface area contributed by atoms with Crippen LogP contribution in [0.2, 0.25) is 0 Å². The number of allylic oxidation sites excluding steroid dienone is 2. The van der Waals surface area contributed by atoms with Crippen LogP contribution in [0.5, 0.6) is 0 Å². The first-order chi connectivity index (χ1) is 25.0. The molecule has 52 heavy (non-hydrogen) atoms. The van der Waals surface area contributed by atoms with Gasteiger partial charge in [-0.05, 0) is 89.0 Å². The smallest absolute Gasteiger partial charge is 0.289 e. The molecule has 4 aliphatic rings. The zero-order valence-corrected chi connectivity index (χ0v) is 31.0. The maximum absolute atomic E-state index is 14.7. The zero-order chi connectivity index (χ0) is 37.2. The number of nitrogens with zero attached hydrogens (tertiary/aromatic N) is 3. The highest BCUT2D eigenvalue weighted by atomic mass is 16.2. The largest absolute Gasteiger partial charge is 0.347 e. The van der Waals surface area contributed by atoms with E-state index in [4.69, 9.17) is 0 Å². The second-order valence-corrected chi connectivity index (χ2v) is 15.5. The molecule has 13 heteroatoms. The van der Waals surface area contributed by atoms with Crippen LogP contribution < -0.4 is 21.3 Å². The van der Waals surface area contributed by atoms with Crippen molar-refractivity contribution >= 4 is 35.2 Å². The van der Waals surface area contributed by atoms with Gasteiger partial charge in [0.1, 0.15) is 11.7 Å². The number of fused-ring (bicyclic) bond motifs is 1. The first-order valence-corrected chi connectivity index (χ1v) is 19.5. The van der Waals surface area contributed by atoms with Gasteiger partial charge >= 0.3 is 0 Å². The average molecular weight is 720 g/mol. The molecular weight excluding hydrogens is 662 g/mol. The Balaban J connectivity index is 1.35. The number of amides is 4. The maximum atomic E-state index is 14.7. The summed E-state index contributed by atoms with van der Waals surface area (Å²) in [5.74, 6) is -2.16. The number of likely N-dealkylation sites (tertiary alicyclic amines) is 1. The van der Waals surface area contributed by atoms with E-state index in [9.17, 15) is 28.8 Å². The summed E-state index contributed by atoms with van der Waals surface area (Å²) >= 11 is 0. The molecule has 4 amide bonds. The van der Waals surface area contributed by atoms with E-state index >= 15 is 0 Å². The van der Waals surface area contributed by atoms with Crippen LogP contribution in [0, 0.1) is 17.8 Å². The lowest BCUT2D eigenvalue weighted by Gasteiger charge is -2.34. The third-order valence-corrected chi connectivity index (χ3v) is 11.1. The van der Waals surface area contributed by atoms with Crippen molar-refractivity contribution in [3.8, 4) is 0 Å². The van der Waals surface area contributed by atoms with Gasteiger partial charge in [-0.25, -0.2) is 4.98 Å². The first kappa shape index (κ1) is 39.2. The number of hydrogen-bond acceptors (Lipinski definition) is 9. The Hall–Kier alpha value is -4.00. The van der Waals surface area contributed by atoms with Crippen LogP contribution in [0.4, 0.5) is 0 Å². The van der Waals surface area contributed by atoms with Crippen LogP contribution in [-0.4, -0.2) is 93.4 Å². The van der Waals surface area contributed by atoms with Crippen molar-refractivity contribution in [3.63, 3.8) is 0 Å². The fourth-order valence-corrected chi connectivity index (χ4v) is 8.32. The van der Waals surface area contributed by atoms with E-state index in [-0.39, 0.29) is 66.0 Å². The molecule has 1 unspecified atom stereocenters. The van der Waals surface area contributed by atoms with Crippen molar-refractivity contribution < 1.29 is 28.8 Å². The molecule has 4 fully saturated rings. The van der Waals surface area contributed by atoms with Crippen molar-refractivity contribution in [2.45, 2.75) is 141 Å². The molecule has 3 saturated carbocycles. The van der Waals surface area contributed by atoms with E-state index in [1.807, 2.05) is 20.8 Å². The molecule has 1 aliphatic heterocycles. The van der Waals surface area contributed by atoms with E-state index in [1.54, 1.807) is 11.0 Å². The van der Waals surface area contributed by atoms with Crippen LogP contribution in [0.25, 0.3) is 0 Å². The van der Waals surface area contributed by atoms with Gasteiger partial charge in [-0.1, -0.05) is 44.6 Å². The summed E-state index contributed by atoms with van der Waals surface area (Å²) in [5, 5.41) is 12.2. The molecule has 0 spiro atoms. The SMILES string of the molecule is CCC[C@H](NC(=O)C1[C@H]2CCC[C@H]2CN1C(=O)[C@H](CCC(=O)C=C(C)C)NC[C@@H](NC(=O)c1cnccn1)C1CCCCC1)C(=O)C(=O)NC1CC1. The van der Waals surface area contributed by atoms with Gasteiger partial charge in [0.15, 0.2) is 5.78 Å². The number of nitrogens with one attached hydrogen (secondary N) is 4. The lowest BCUT2D eigenvalue weighted by atomic mass is 9.83. The van der Waals surface area contributed by atoms with Gasteiger partial charge < -0.3 is 26.2 Å². The fourth-order valence-electron chi connectivity index (χ4n) is 8.32. The third kappa shape index (κ3) is 10.5. The molecule has 0 bridgehead atoms. The number of carbonyl (C=O) groups is 6. The highest BCUT2D eigenvalue weighted by Crippen LogP contribution is 2.42. The fraction of sp³-hybridized carbons (Fsp3) is 0.692. The number of carbonyl (C=O) groups excluding carboxylic acids is 6. The Morgan fingerprint density at radius 2 is 1.67 bits per heavy atom. The monoisotopic (exact) mass is 719 g/mol. The minimum atomic E-state index is -0.974. The number of rotatable bonds is 18. The van der Waals surface area contributed by atoms with E-state index in [2.05, 4.69) is 31.2 Å². The second-order valence-electron chi connectivity index (χ2n) is 15.5. The van der Waals surface area contributed by atoms with Gasteiger partial charge in [0, 0.05) is 44.0 Å². The number of aromatic nitrogens is 2. The van der Waals surface area contributed by atoms with E-state index in [0.717, 1.165) is 69.8 Å². The van der Waals surface area contributed by atoms with Crippen LogP contribution in [-0.2, 0) is 24.0 Å². The van der Waals surface area contributed by atoms with Crippen LogP contribution in [0.3, 0.4) is 0 Å². The summed E-state index contributed by atoms with van der Waals surface area (Å²) in [6.07, 6.45) is 16.7. The molecule has 5 rings (SSSR count). The number of ketones is 2. The minimum Gasteiger partial charge on any atom is -0.347 e. The van der Waals surface area contributed by atoms with Crippen molar-refractivity contribution in [1.82, 2.24) is 36.1 Å².